The Labute approximate surface area is 151 Å². The molecule has 2 atom stereocenters. The molecule has 2 aliphatic rings. The summed E-state index contributed by atoms with van der Waals surface area (Å²) in [5.41, 5.74) is 0.839. The molecule has 2 N–H and O–H groups in total. The van der Waals surface area contributed by atoms with Crippen LogP contribution in [0.4, 0.5) is 5.69 Å². The van der Waals surface area contributed by atoms with Crippen LogP contribution in [-0.2, 0) is 9.59 Å². The van der Waals surface area contributed by atoms with Gasteiger partial charge in [-0.1, -0.05) is 12.1 Å². The van der Waals surface area contributed by atoms with Crippen molar-refractivity contribution < 1.29 is 9.59 Å². The van der Waals surface area contributed by atoms with Crippen LogP contribution >= 0.6 is 15.9 Å². The van der Waals surface area contributed by atoms with Crippen LogP contribution < -0.4 is 15.5 Å². The van der Waals surface area contributed by atoms with Gasteiger partial charge in [0.15, 0.2) is 0 Å². The molecule has 5 nitrogen and oxygen atoms in total. The van der Waals surface area contributed by atoms with E-state index in [0.29, 0.717) is 19.0 Å². The molecular formula is C18H24BrN3O2. The standard InChI is InChI=1S/C18H24BrN3O2/c19-15-5-1-2-6-16(15)22-12-14(10-17(22)23)18(24)21-9-7-13-4-3-8-20-11-13/h1-2,5-6,13-14,20H,3-4,7-12H2,(H,21,24). The lowest BCUT2D eigenvalue weighted by atomic mass is 9.96. The van der Waals surface area contributed by atoms with Crippen molar-refractivity contribution in [2.24, 2.45) is 11.8 Å². The van der Waals surface area contributed by atoms with Gasteiger partial charge in [0.05, 0.1) is 11.6 Å². The molecule has 0 saturated carbocycles. The minimum absolute atomic E-state index is 0.00155. The second-order valence-corrected chi connectivity index (χ2v) is 7.50. The topological polar surface area (TPSA) is 61.4 Å². The Balaban J connectivity index is 1.49. The quantitative estimate of drug-likeness (QED) is 0.806. The van der Waals surface area contributed by atoms with E-state index < -0.39 is 0 Å². The van der Waals surface area contributed by atoms with Crippen LogP contribution in [0.15, 0.2) is 28.7 Å². The van der Waals surface area contributed by atoms with Gasteiger partial charge in [0.2, 0.25) is 11.8 Å². The fraction of sp³-hybridized carbons (Fsp3) is 0.556. The van der Waals surface area contributed by atoms with Crippen molar-refractivity contribution >= 4 is 33.4 Å². The van der Waals surface area contributed by atoms with E-state index in [1.807, 2.05) is 24.3 Å². The SMILES string of the molecule is O=C(NCCC1CCCNC1)C1CC(=O)N(c2ccccc2Br)C1. The van der Waals surface area contributed by atoms with Crippen LogP contribution in [0.3, 0.4) is 0 Å². The number of para-hydroxylation sites is 1. The Hall–Kier alpha value is -1.40. The van der Waals surface area contributed by atoms with Gasteiger partial charge in [-0.3, -0.25) is 9.59 Å². The van der Waals surface area contributed by atoms with Crippen molar-refractivity contribution in [3.05, 3.63) is 28.7 Å². The van der Waals surface area contributed by atoms with Crippen molar-refractivity contribution in [3.8, 4) is 0 Å². The number of anilines is 1. The number of nitrogens with zero attached hydrogens (tertiary/aromatic N) is 1. The smallest absolute Gasteiger partial charge is 0.227 e. The van der Waals surface area contributed by atoms with Crippen molar-refractivity contribution in [1.29, 1.82) is 0 Å². The summed E-state index contributed by atoms with van der Waals surface area (Å²) in [6.45, 7) is 3.31. The van der Waals surface area contributed by atoms with Gasteiger partial charge in [-0.05, 0) is 66.3 Å². The fourth-order valence-electron chi connectivity index (χ4n) is 3.50. The van der Waals surface area contributed by atoms with E-state index in [1.54, 1.807) is 4.90 Å². The number of benzene rings is 1. The number of piperidine rings is 1. The molecule has 2 unspecified atom stereocenters. The molecule has 2 aliphatic heterocycles. The Morgan fingerprint density at radius 3 is 2.96 bits per heavy atom. The zero-order valence-electron chi connectivity index (χ0n) is 13.8. The zero-order chi connectivity index (χ0) is 16.9. The Kier molecular flexibility index (Phi) is 5.89. The molecule has 2 saturated heterocycles. The highest BCUT2D eigenvalue weighted by Gasteiger charge is 2.35. The molecule has 24 heavy (non-hydrogen) atoms. The molecule has 2 amide bonds. The molecule has 1 aromatic carbocycles. The van der Waals surface area contributed by atoms with Crippen LogP contribution in [0.1, 0.15) is 25.7 Å². The van der Waals surface area contributed by atoms with Gasteiger partial charge in [0, 0.05) is 24.0 Å². The summed E-state index contributed by atoms with van der Waals surface area (Å²) in [5.74, 6) is 0.412. The van der Waals surface area contributed by atoms with Crippen LogP contribution in [-0.4, -0.2) is 38.0 Å². The van der Waals surface area contributed by atoms with E-state index in [4.69, 9.17) is 0 Å². The van der Waals surface area contributed by atoms with Gasteiger partial charge in [0.25, 0.3) is 0 Å². The molecule has 6 heteroatoms. The fourth-order valence-corrected chi connectivity index (χ4v) is 4.00. The predicted octanol–water partition coefficient (Wildman–Crippen LogP) is 2.31. The third-order valence-corrected chi connectivity index (χ3v) is 5.56. The Morgan fingerprint density at radius 1 is 1.38 bits per heavy atom. The van der Waals surface area contributed by atoms with Gasteiger partial charge in [0.1, 0.15) is 0 Å². The van der Waals surface area contributed by atoms with Gasteiger partial charge < -0.3 is 15.5 Å². The Morgan fingerprint density at radius 2 is 2.21 bits per heavy atom. The monoisotopic (exact) mass is 393 g/mol. The number of nitrogens with one attached hydrogen (secondary N) is 2. The average molecular weight is 394 g/mol. The van der Waals surface area contributed by atoms with Crippen molar-refractivity contribution in [2.45, 2.75) is 25.7 Å². The highest BCUT2D eigenvalue weighted by Crippen LogP contribution is 2.31. The highest BCUT2D eigenvalue weighted by molar-refractivity contribution is 9.10. The van der Waals surface area contributed by atoms with E-state index in [9.17, 15) is 9.59 Å². The lowest BCUT2D eigenvalue weighted by Gasteiger charge is -2.23. The maximum Gasteiger partial charge on any atom is 0.227 e. The highest BCUT2D eigenvalue weighted by atomic mass is 79.9. The second kappa shape index (κ2) is 8.12. The molecule has 2 fully saturated rings. The number of carbonyl (C=O) groups excluding carboxylic acids is 2. The lowest BCUT2D eigenvalue weighted by Crippen LogP contribution is -2.36. The molecule has 0 bridgehead atoms. The van der Waals surface area contributed by atoms with Crippen molar-refractivity contribution in [2.75, 3.05) is 31.1 Å². The summed E-state index contributed by atoms with van der Waals surface area (Å²) in [7, 11) is 0. The number of carbonyl (C=O) groups is 2. The van der Waals surface area contributed by atoms with Gasteiger partial charge in [-0.15, -0.1) is 0 Å². The molecule has 3 rings (SSSR count). The molecule has 2 heterocycles. The summed E-state index contributed by atoms with van der Waals surface area (Å²) >= 11 is 3.48. The first-order chi connectivity index (χ1) is 11.6. The summed E-state index contributed by atoms with van der Waals surface area (Å²) in [5, 5.41) is 6.42. The first kappa shape index (κ1) is 17.4. The van der Waals surface area contributed by atoms with Crippen LogP contribution in [0, 0.1) is 11.8 Å². The number of hydrogen-bond acceptors (Lipinski definition) is 3. The molecule has 0 aliphatic carbocycles. The predicted molar refractivity (Wildman–Crippen MR) is 97.8 cm³/mol. The third kappa shape index (κ3) is 4.16. The molecular weight excluding hydrogens is 370 g/mol. The minimum atomic E-state index is -0.255. The number of amides is 2. The first-order valence-corrected chi connectivity index (χ1v) is 9.48. The summed E-state index contributed by atoms with van der Waals surface area (Å²) < 4.78 is 0.879. The van der Waals surface area contributed by atoms with Gasteiger partial charge in [-0.25, -0.2) is 0 Å². The van der Waals surface area contributed by atoms with Gasteiger partial charge >= 0.3 is 0 Å². The van der Waals surface area contributed by atoms with E-state index in [1.165, 1.54) is 12.8 Å². The van der Waals surface area contributed by atoms with E-state index in [0.717, 1.165) is 29.7 Å². The van der Waals surface area contributed by atoms with Gasteiger partial charge in [-0.2, -0.15) is 0 Å². The maximum atomic E-state index is 12.4. The molecule has 0 aromatic heterocycles. The third-order valence-electron chi connectivity index (χ3n) is 4.89. The number of rotatable bonds is 5. The summed E-state index contributed by atoms with van der Waals surface area (Å²) in [6.07, 6.45) is 3.75. The van der Waals surface area contributed by atoms with Crippen LogP contribution in [0.25, 0.3) is 0 Å². The van der Waals surface area contributed by atoms with E-state index in [2.05, 4.69) is 26.6 Å². The first-order valence-electron chi connectivity index (χ1n) is 8.68. The number of hydrogen-bond donors (Lipinski definition) is 2. The molecule has 0 radical (unpaired) electrons. The normalized spacial score (nSPS) is 24.2. The molecule has 1 aromatic rings. The number of halogens is 1. The Bertz CT molecular complexity index is 602. The largest absolute Gasteiger partial charge is 0.356 e. The van der Waals surface area contributed by atoms with Crippen molar-refractivity contribution in [3.63, 3.8) is 0 Å². The van der Waals surface area contributed by atoms with E-state index in [-0.39, 0.29) is 24.2 Å². The summed E-state index contributed by atoms with van der Waals surface area (Å²) in [6, 6.07) is 7.63. The molecule has 0 spiro atoms. The minimum Gasteiger partial charge on any atom is -0.356 e. The van der Waals surface area contributed by atoms with Crippen molar-refractivity contribution in [1.82, 2.24) is 10.6 Å². The van der Waals surface area contributed by atoms with Crippen LogP contribution in [0.2, 0.25) is 0 Å². The summed E-state index contributed by atoms with van der Waals surface area (Å²) in [4.78, 5) is 26.4. The second-order valence-electron chi connectivity index (χ2n) is 6.65. The maximum absolute atomic E-state index is 12.4. The zero-order valence-corrected chi connectivity index (χ0v) is 15.3. The van der Waals surface area contributed by atoms with Crippen LogP contribution in [0.5, 0.6) is 0 Å². The molecule has 130 valence electrons. The lowest BCUT2D eigenvalue weighted by molar-refractivity contribution is -0.126. The van der Waals surface area contributed by atoms with E-state index >= 15 is 0 Å². The average Bonchev–Trinajstić information content (AvgIpc) is 2.98.